The van der Waals surface area contributed by atoms with E-state index >= 15 is 0 Å². The molecule has 0 radical (unpaired) electrons. The van der Waals surface area contributed by atoms with Crippen molar-refractivity contribution in [3.8, 4) is 0 Å². The second kappa shape index (κ2) is 9.46. The molecule has 0 aliphatic carbocycles. The Morgan fingerprint density at radius 2 is 1.19 bits per heavy atom. The number of esters is 4. The summed E-state index contributed by atoms with van der Waals surface area (Å²) in [4.78, 5) is 45.7. The van der Waals surface area contributed by atoms with Crippen LogP contribution in [0.1, 0.15) is 27.7 Å². The van der Waals surface area contributed by atoms with E-state index < -0.39 is 60.9 Å². The van der Waals surface area contributed by atoms with Crippen molar-refractivity contribution in [1.82, 2.24) is 0 Å². The molecular formula is C15H22O11. The molecule has 148 valence electrons. The van der Waals surface area contributed by atoms with Gasteiger partial charge in [0.2, 0.25) is 12.4 Å². The topological polar surface area (TPSA) is 144 Å². The maximum absolute atomic E-state index is 11.5. The Morgan fingerprint density at radius 1 is 0.769 bits per heavy atom. The number of hydrogen-bond donors (Lipinski definition) is 1. The van der Waals surface area contributed by atoms with Crippen molar-refractivity contribution >= 4 is 23.9 Å². The molecule has 1 unspecified atom stereocenters. The van der Waals surface area contributed by atoms with E-state index in [-0.39, 0.29) is 0 Å². The molecule has 11 heteroatoms. The number of hydrogen-bond acceptors (Lipinski definition) is 11. The van der Waals surface area contributed by atoms with Crippen molar-refractivity contribution in [3.05, 3.63) is 0 Å². The predicted molar refractivity (Wildman–Crippen MR) is 80.1 cm³/mol. The zero-order chi connectivity index (χ0) is 20.0. The van der Waals surface area contributed by atoms with Gasteiger partial charge in [-0.1, -0.05) is 0 Å². The van der Waals surface area contributed by atoms with Crippen LogP contribution in [0.2, 0.25) is 0 Å². The zero-order valence-corrected chi connectivity index (χ0v) is 15.0. The van der Waals surface area contributed by atoms with Crippen molar-refractivity contribution in [1.29, 1.82) is 0 Å². The van der Waals surface area contributed by atoms with Crippen LogP contribution in [0.3, 0.4) is 0 Å². The van der Waals surface area contributed by atoms with Crippen LogP contribution in [0, 0.1) is 0 Å². The molecule has 1 aliphatic rings. The monoisotopic (exact) mass is 378 g/mol. The summed E-state index contributed by atoms with van der Waals surface area (Å²) >= 11 is 0. The first-order valence-electron chi connectivity index (χ1n) is 7.62. The van der Waals surface area contributed by atoms with Gasteiger partial charge in [-0.25, -0.2) is 0 Å². The summed E-state index contributed by atoms with van der Waals surface area (Å²) in [5.74, 6) is -3.15. The van der Waals surface area contributed by atoms with Crippen LogP contribution >= 0.6 is 0 Å². The number of rotatable bonds is 6. The van der Waals surface area contributed by atoms with Gasteiger partial charge in [-0.05, 0) is 0 Å². The van der Waals surface area contributed by atoms with Gasteiger partial charge in [0, 0.05) is 34.8 Å². The van der Waals surface area contributed by atoms with E-state index in [1.165, 1.54) is 0 Å². The highest BCUT2D eigenvalue weighted by Crippen LogP contribution is 2.31. The normalized spacial score (nSPS) is 29.2. The van der Waals surface area contributed by atoms with E-state index in [1.807, 2.05) is 0 Å². The lowest BCUT2D eigenvalue weighted by Gasteiger charge is -2.44. The first kappa shape index (κ1) is 21.8. The van der Waals surface area contributed by atoms with Gasteiger partial charge in [0.1, 0.15) is 0 Å². The van der Waals surface area contributed by atoms with Crippen molar-refractivity contribution < 1.29 is 52.7 Å². The summed E-state index contributed by atoms with van der Waals surface area (Å²) in [6, 6.07) is 0. The fraction of sp³-hybridized carbons (Fsp3) is 0.733. The highest BCUT2D eigenvalue weighted by molar-refractivity contribution is 5.69. The van der Waals surface area contributed by atoms with Gasteiger partial charge >= 0.3 is 23.9 Å². The second-order valence-electron chi connectivity index (χ2n) is 5.43. The number of carbonyl (C=O) groups is 4. The summed E-state index contributed by atoms with van der Waals surface area (Å²) in [6.07, 6.45) is -8.83. The van der Waals surface area contributed by atoms with E-state index in [1.54, 1.807) is 0 Å². The van der Waals surface area contributed by atoms with Gasteiger partial charge in [0.25, 0.3) is 0 Å². The molecule has 1 saturated heterocycles. The van der Waals surface area contributed by atoms with Crippen molar-refractivity contribution in [2.24, 2.45) is 0 Å². The average Bonchev–Trinajstić information content (AvgIpc) is 2.50. The molecule has 1 heterocycles. The van der Waals surface area contributed by atoms with Crippen LogP contribution in [-0.2, 0) is 47.6 Å². The van der Waals surface area contributed by atoms with Gasteiger partial charge in [0.15, 0.2) is 24.6 Å². The molecule has 0 bridgehead atoms. The molecule has 1 fully saturated rings. The Balaban J connectivity index is 3.35. The Hall–Kier alpha value is -2.24. The molecule has 0 aromatic rings. The molecule has 0 aromatic heterocycles. The third-order valence-electron chi connectivity index (χ3n) is 3.24. The summed E-state index contributed by atoms with van der Waals surface area (Å²) in [7, 11) is 1.15. The van der Waals surface area contributed by atoms with Gasteiger partial charge < -0.3 is 33.5 Å². The first-order valence-corrected chi connectivity index (χ1v) is 7.62. The van der Waals surface area contributed by atoms with Crippen LogP contribution < -0.4 is 0 Å². The highest BCUT2D eigenvalue weighted by atomic mass is 16.8. The van der Waals surface area contributed by atoms with Gasteiger partial charge in [-0.3, -0.25) is 19.2 Å². The van der Waals surface area contributed by atoms with Crippen LogP contribution in [0.15, 0.2) is 0 Å². The van der Waals surface area contributed by atoms with Crippen LogP contribution in [0.25, 0.3) is 0 Å². The Morgan fingerprint density at radius 3 is 1.62 bits per heavy atom. The van der Waals surface area contributed by atoms with Gasteiger partial charge in [0.05, 0.1) is 0 Å². The molecule has 0 amide bonds. The number of methoxy groups -OCH3 is 1. The second-order valence-corrected chi connectivity index (χ2v) is 5.43. The molecule has 0 aromatic carbocycles. The Bertz CT molecular complexity index is 546. The summed E-state index contributed by atoms with van der Waals surface area (Å²) in [5, 5.41) is 10.0. The Labute approximate surface area is 149 Å². The molecule has 1 aliphatic heterocycles. The van der Waals surface area contributed by atoms with E-state index in [0.717, 1.165) is 34.8 Å². The largest absolute Gasteiger partial charge is 0.455 e. The molecule has 26 heavy (non-hydrogen) atoms. The van der Waals surface area contributed by atoms with E-state index in [2.05, 4.69) is 0 Å². The number of aliphatic hydroxyl groups excluding tert-OH is 1. The van der Waals surface area contributed by atoms with Gasteiger partial charge in [-0.15, -0.1) is 0 Å². The summed E-state index contributed by atoms with van der Waals surface area (Å²) in [5.41, 5.74) is 0. The molecule has 11 nitrogen and oxygen atoms in total. The molecule has 0 saturated carbocycles. The number of ether oxygens (including phenoxy) is 6. The zero-order valence-electron chi connectivity index (χ0n) is 15.0. The summed E-state index contributed by atoms with van der Waals surface area (Å²) < 4.78 is 30.4. The SMILES string of the molecule is COC(O)[C@H]1O[C@@H](OC(C)=O)[C@H](OC(C)=O)[C@@H](OC(C)=O)[C@@H]1OC(C)=O. The van der Waals surface area contributed by atoms with E-state index in [0.29, 0.717) is 0 Å². The van der Waals surface area contributed by atoms with Crippen molar-refractivity contribution in [2.45, 2.75) is 64.7 Å². The standard InChI is InChI=1S/C15H22O11/c1-6(16)22-10-11(23-7(2)17)13(24-8(3)18)15(25-9(4)19)26-12(10)14(20)21-5/h10-15,20H,1-5H3/t10-,11-,12-,13+,14?,15+/m0/s1. The predicted octanol–water partition coefficient (Wildman–Crippen LogP) is -0.966. The number of aliphatic hydroxyl groups is 1. The fourth-order valence-corrected chi connectivity index (χ4v) is 2.43. The van der Waals surface area contributed by atoms with Crippen LogP contribution in [0.5, 0.6) is 0 Å². The van der Waals surface area contributed by atoms with Crippen molar-refractivity contribution in [2.75, 3.05) is 7.11 Å². The third kappa shape index (κ3) is 5.93. The maximum atomic E-state index is 11.5. The fourth-order valence-electron chi connectivity index (χ4n) is 2.43. The minimum absolute atomic E-state index is 0.781. The Kier molecular flexibility index (Phi) is 7.93. The van der Waals surface area contributed by atoms with Crippen LogP contribution in [-0.4, -0.2) is 73.1 Å². The lowest BCUT2D eigenvalue weighted by atomic mass is 9.97. The first-order chi connectivity index (χ1) is 12.1. The molecule has 1 N–H and O–H groups in total. The average molecular weight is 378 g/mol. The van der Waals surface area contributed by atoms with Crippen LogP contribution in [0.4, 0.5) is 0 Å². The molecule has 1 rings (SSSR count). The van der Waals surface area contributed by atoms with E-state index in [9.17, 15) is 24.3 Å². The van der Waals surface area contributed by atoms with Gasteiger partial charge in [-0.2, -0.15) is 0 Å². The highest BCUT2D eigenvalue weighted by Gasteiger charge is 2.55. The third-order valence-corrected chi connectivity index (χ3v) is 3.24. The maximum Gasteiger partial charge on any atom is 0.305 e. The minimum atomic E-state index is -1.63. The smallest absolute Gasteiger partial charge is 0.305 e. The van der Waals surface area contributed by atoms with Crippen molar-refractivity contribution in [3.63, 3.8) is 0 Å². The lowest BCUT2D eigenvalue weighted by Crippen LogP contribution is -2.64. The minimum Gasteiger partial charge on any atom is -0.455 e. The quantitative estimate of drug-likeness (QED) is 0.346. The lowest BCUT2D eigenvalue weighted by molar-refractivity contribution is -0.327. The number of carbonyl (C=O) groups excluding carboxylic acids is 4. The molecule has 0 spiro atoms. The summed E-state index contributed by atoms with van der Waals surface area (Å²) in [6.45, 7) is 4.31. The molecule has 6 atom stereocenters. The molecular weight excluding hydrogens is 356 g/mol. The van der Waals surface area contributed by atoms with E-state index in [4.69, 9.17) is 28.4 Å².